The molecule has 0 saturated carbocycles. The zero-order valence-electron chi connectivity index (χ0n) is 20.6. The third kappa shape index (κ3) is 3.65. The predicted molar refractivity (Wildman–Crippen MR) is 131 cm³/mol. The Morgan fingerprint density at radius 1 is 1.03 bits per heavy atom. The van der Waals surface area contributed by atoms with Crippen molar-refractivity contribution in [1.29, 1.82) is 0 Å². The van der Waals surface area contributed by atoms with Crippen molar-refractivity contribution in [1.82, 2.24) is 4.90 Å². The molecule has 2 unspecified atom stereocenters. The summed E-state index contributed by atoms with van der Waals surface area (Å²) < 4.78 is 34.3. The number of cyclic esters (lactones) is 1. The summed E-state index contributed by atoms with van der Waals surface area (Å²) in [6.45, 7) is 0.849. The number of likely N-dealkylation sites (N-methyl/N-ethyl adjacent to an activating group) is 1. The van der Waals surface area contributed by atoms with Crippen LogP contribution in [0, 0.1) is 0 Å². The van der Waals surface area contributed by atoms with Crippen LogP contribution in [0.4, 0.5) is 0 Å². The molecule has 3 aromatic carbocycles. The Hall–Kier alpha value is -4.24. The molecule has 0 bridgehead atoms. The van der Waals surface area contributed by atoms with Crippen molar-refractivity contribution in [2.75, 3.05) is 34.6 Å². The highest BCUT2D eigenvalue weighted by atomic mass is 16.7. The van der Waals surface area contributed by atoms with E-state index in [0.29, 0.717) is 28.4 Å². The van der Waals surface area contributed by atoms with Crippen molar-refractivity contribution in [2.24, 2.45) is 0 Å². The van der Waals surface area contributed by atoms with Gasteiger partial charge in [-0.2, -0.15) is 0 Å². The Balaban J connectivity index is 1.46. The van der Waals surface area contributed by atoms with Crippen molar-refractivity contribution in [3.8, 4) is 28.7 Å². The second kappa shape index (κ2) is 9.01. The highest BCUT2D eigenvalue weighted by molar-refractivity contribution is 6.00. The molecule has 0 amide bonds. The lowest BCUT2D eigenvalue weighted by Crippen LogP contribution is -2.36. The van der Waals surface area contributed by atoms with E-state index in [1.165, 1.54) is 7.11 Å². The van der Waals surface area contributed by atoms with Gasteiger partial charge < -0.3 is 28.4 Å². The van der Waals surface area contributed by atoms with Crippen LogP contribution >= 0.6 is 0 Å². The van der Waals surface area contributed by atoms with Crippen LogP contribution in [0.25, 0.3) is 0 Å². The van der Waals surface area contributed by atoms with E-state index in [0.717, 1.165) is 24.1 Å². The van der Waals surface area contributed by atoms with Crippen LogP contribution in [0.5, 0.6) is 28.7 Å². The Morgan fingerprint density at radius 2 is 1.84 bits per heavy atom. The third-order valence-corrected chi connectivity index (χ3v) is 7.06. The smallest absolute Gasteiger partial charge is 0.343 e. The van der Waals surface area contributed by atoms with Gasteiger partial charge in [0.2, 0.25) is 12.5 Å². The fraction of sp³-hybridized carbons (Fsp3) is 0.286. The first kappa shape index (κ1) is 23.2. The minimum atomic E-state index is -0.680. The monoisotopic (exact) mass is 503 g/mol. The van der Waals surface area contributed by atoms with Crippen LogP contribution in [-0.2, 0) is 11.2 Å². The standard InChI is InChI=1S/C28H25NO8/c1-29-12-11-16-13-19-25(35-14-34-19)26(33-3)20(16)22(29)23-17-9-10-18(32-2)24(21(17)28(31)36-23)37-27(30)15-7-5-4-6-8-15/h4-10,13,22-23H,11-12,14H2,1-3H3. The van der Waals surface area contributed by atoms with E-state index in [4.69, 9.17) is 28.4 Å². The predicted octanol–water partition coefficient (Wildman–Crippen LogP) is 4.09. The van der Waals surface area contributed by atoms with Crippen molar-refractivity contribution < 1.29 is 38.0 Å². The number of hydrogen-bond donors (Lipinski definition) is 0. The average molecular weight is 504 g/mol. The van der Waals surface area contributed by atoms with E-state index in [1.54, 1.807) is 49.6 Å². The van der Waals surface area contributed by atoms with Gasteiger partial charge in [0.05, 0.1) is 25.8 Å². The maximum Gasteiger partial charge on any atom is 0.343 e. The lowest BCUT2D eigenvalue weighted by atomic mass is 9.85. The van der Waals surface area contributed by atoms with E-state index in [1.807, 2.05) is 13.1 Å². The number of carbonyl (C=O) groups excluding carboxylic acids is 2. The van der Waals surface area contributed by atoms with Gasteiger partial charge in [-0.15, -0.1) is 0 Å². The van der Waals surface area contributed by atoms with Gasteiger partial charge in [0.1, 0.15) is 11.7 Å². The maximum absolute atomic E-state index is 13.3. The van der Waals surface area contributed by atoms with E-state index in [-0.39, 0.29) is 29.9 Å². The van der Waals surface area contributed by atoms with Gasteiger partial charge >= 0.3 is 11.9 Å². The zero-order chi connectivity index (χ0) is 25.7. The summed E-state index contributed by atoms with van der Waals surface area (Å²) in [5, 5.41) is 0. The van der Waals surface area contributed by atoms with Crippen LogP contribution in [-0.4, -0.2) is 51.4 Å². The van der Waals surface area contributed by atoms with Gasteiger partial charge in [0.25, 0.3) is 0 Å². The Kier molecular flexibility index (Phi) is 5.64. The van der Waals surface area contributed by atoms with Crippen molar-refractivity contribution in [3.05, 3.63) is 76.3 Å². The first-order valence-corrected chi connectivity index (χ1v) is 11.9. The second-order valence-corrected chi connectivity index (χ2v) is 9.03. The zero-order valence-corrected chi connectivity index (χ0v) is 20.6. The van der Waals surface area contributed by atoms with Crippen LogP contribution in [0.2, 0.25) is 0 Å². The lowest BCUT2D eigenvalue weighted by Gasteiger charge is -2.38. The summed E-state index contributed by atoms with van der Waals surface area (Å²) in [6.07, 6.45) is 0.0895. The molecule has 3 heterocycles. The van der Waals surface area contributed by atoms with Gasteiger partial charge in [-0.1, -0.05) is 24.3 Å². The molecule has 0 N–H and O–H groups in total. The molecule has 190 valence electrons. The topological polar surface area (TPSA) is 92.8 Å². The maximum atomic E-state index is 13.3. The summed E-state index contributed by atoms with van der Waals surface area (Å²) in [5.41, 5.74) is 3.05. The number of ether oxygens (including phenoxy) is 6. The molecule has 3 aromatic rings. The molecular formula is C28H25NO8. The van der Waals surface area contributed by atoms with Gasteiger partial charge in [-0.3, -0.25) is 4.90 Å². The molecule has 6 rings (SSSR count). The van der Waals surface area contributed by atoms with Crippen molar-refractivity contribution >= 4 is 11.9 Å². The number of fused-ring (bicyclic) bond motifs is 3. The van der Waals surface area contributed by atoms with Crippen LogP contribution in [0.1, 0.15) is 49.6 Å². The minimum Gasteiger partial charge on any atom is -0.493 e. The number of nitrogens with zero attached hydrogens (tertiary/aromatic N) is 1. The van der Waals surface area contributed by atoms with Crippen molar-refractivity contribution in [3.63, 3.8) is 0 Å². The fourth-order valence-corrected chi connectivity index (χ4v) is 5.34. The quantitative estimate of drug-likeness (QED) is 0.377. The van der Waals surface area contributed by atoms with E-state index in [9.17, 15) is 9.59 Å². The average Bonchev–Trinajstić information content (AvgIpc) is 3.52. The van der Waals surface area contributed by atoms with Gasteiger partial charge in [0, 0.05) is 17.7 Å². The number of carbonyl (C=O) groups is 2. The molecule has 3 aliphatic heterocycles. The Morgan fingerprint density at radius 3 is 2.59 bits per heavy atom. The molecule has 0 saturated heterocycles. The second-order valence-electron chi connectivity index (χ2n) is 9.03. The lowest BCUT2D eigenvalue weighted by molar-refractivity contribution is 0.00875. The molecule has 0 spiro atoms. The summed E-state index contributed by atoms with van der Waals surface area (Å²) in [4.78, 5) is 28.3. The molecule has 37 heavy (non-hydrogen) atoms. The van der Waals surface area contributed by atoms with E-state index >= 15 is 0 Å². The van der Waals surface area contributed by atoms with E-state index in [2.05, 4.69) is 4.90 Å². The summed E-state index contributed by atoms with van der Waals surface area (Å²) in [5.74, 6) is 0.862. The number of hydrogen-bond acceptors (Lipinski definition) is 9. The Bertz CT molecular complexity index is 1400. The van der Waals surface area contributed by atoms with Crippen LogP contribution < -0.4 is 23.7 Å². The summed E-state index contributed by atoms with van der Waals surface area (Å²) in [7, 11) is 5.02. The highest BCUT2D eigenvalue weighted by Gasteiger charge is 2.46. The Labute approximate surface area is 213 Å². The first-order chi connectivity index (χ1) is 18.0. The largest absolute Gasteiger partial charge is 0.493 e. The highest BCUT2D eigenvalue weighted by Crippen LogP contribution is 2.55. The SMILES string of the molecule is COc1ccc2c(c1OC(=O)c1ccccc1)C(=O)OC2C1c2c(cc3c(c2OC)OCO3)CCN1C. The summed E-state index contributed by atoms with van der Waals surface area (Å²) in [6, 6.07) is 13.6. The van der Waals surface area contributed by atoms with Crippen LogP contribution in [0.15, 0.2) is 48.5 Å². The molecule has 0 radical (unpaired) electrons. The third-order valence-electron chi connectivity index (χ3n) is 7.06. The van der Waals surface area contributed by atoms with E-state index < -0.39 is 18.0 Å². The molecule has 9 nitrogen and oxygen atoms in total. The molecule has 0 aliphatic carbocycles. The van der Waals surface area contributed by atoms with Gasteiger partial charge in [-0.25, -0.2) is 9.59 Å². The number of rotatable bonds is 5. The minimum absolute atomic E-state index is 0.0395. The molecule has 3 aliphatic rings. The molecule has 2 atom stereocenters. The molecular weight excluding hydrogens is 478 g/mol. The fourth-order valence-electron chi connectivity index (χ4n) is 5.34. The van der Waals surface area contributed by atoms with Gasteiger partial charge in [0.15, 0.2) is 23.0 Å². The molecule has 0 aromatic heterocycles. The van der Waals surface area contributed by atoms with Gasteiger partial charge in [-0.05, 0) is 43.3 Å². The number of benzene rings is 3. The number of methoxy groups -OCH3 is 2. The van der Waals surface area contributed by atoms with Crippen molar-refractivity contribution in [2.45, 2.75) is 18.6 Å². The summed E-state index contributed by atoms with van der Waals surface area (Å²) >= 11 is 0. The number of esters is 2. The molecule has 9 heteroatoms. The molecule has 0 fully saturated rings. The first-order valence-electron chi connectivity index (χ1n) is 11.9. The normalized spacial score (nSPS) is 19.6. The van der Waals surface area contributed by atoms with Crippen LogP contribution in [0.3, 0.4) is 0 Å².